The van der Waals surface area contributed by atoms with E-state index < -0.39 is 29.0 Å². The normalized spacial score (nSPS) is 12.1. The number of sulfonamides is 1. The number of methoxy groups -OCH3 is 3. The zero-order chi connectivity index (χ0) is 23.6. The molecule has 0 bridgehead atoms. The number of hydrogen-bond donors (Lipinski definition) is 2. The van der Waals surface area contributed by atoms with Gasteiger partial charge in [0.05, 0.1) is 32.6 Å². The summed E-state index contributed by atoms with van der Waals surface area (Å²) in [7, 11) is -0.238. The summed E-state index contributed by atoms with van der Waals surface area (Å²) in [6.07, 6.45) is 0.996. The van der Waals surface area contributed by atoms with Crippen LogP contribution < -0.4 is 19.5 Å². The molecule has 176 valence electrons. The molecule has 2 N–H and O–H groups in total. The highest BCUT2D eigenvalue weighted by molar-refractivity contribution is 7.90. The van der Waals surface area contributed by atoms with Crippen molar-refractivity contribution in [1.82, 2.24) is 19.7 Å². The third-order valence-electron chi connectivity index (χ3n) is 3.94. The second kappa shape index (κ2) is 12.1. The predicted octanol–water partition coefficient (Wildman–Crippen LogP) is 1.29. The van der Waals surface area contributed by atoms with E-state index in [1.165, 1.54) is 45.7 Å². The number of carbonyl (C=O) groups excluding carboxylic acids is 1. The van der Waals surface area contributed by atoms with Gasteiger partial charge in [-0.1, -0.05) is 0 Å². The van der Waals surface area contributed by atoms with Crippen molar-refractivity contribution in [1.29, 1.82) is 0 Å². The molecule has 2 amide bonds. The van der Waals surface area contributed by atoms with E-state index in [9.17, 15) is 17.6 Å². The average molecular weight is 473 g/mol. The molecular formula is C18H24FN5O7S. The van der Waals surface area contributed by atoms with Crippen LogP contribution in [-0.4, -0.2) is 70.3 Å². The maximum atomic E-state index is 12.7. The van der Waals surface area contributed by atoms with Crippen molar-refractivity contribution in [2.75, 3.05) is 39.9 Å². The number of hydrogen-bond acceptors (Lipinski definition) is 10. The van der Waals surface area contributed by atoms with Crippen LogP contribution in [0.5, 0.6) is 11.8 Å². The summed E-state index contributed by atoms with van der Waals surface area (Å²) in [5.74, 6) is -0.0106. The maximum absolute atomic E-state index is 12.7. The first-order chi connectivity index (χ1) is 15.3. The Morgan fingerprint density at radius 2 is 1.88 bits per heavy atom. The fourth-order valence-electron chi connectivity index (χ4n) is 2.46. The van der Waals surface area contributed by atoms with Gasteiger partial charge in [0.25, 0.3) is 10.0 Å². The van der Waals surface area contributed by atoms with E-state index in [1.54, 1.807) is 0 Å². The quantitative estimate of drug-likeness (QED) is 0.341. The molecule has 0 fully saturated rings. The van der Waals surface area contributed by atoms with Gasteiger partial charge < -0.3 is 18.9 Å². The van der Waals surface area contributed by atoms with Crippen LogP contribution in [-0.2, 0) is 25.9 Å². The first-order valence-corrected chi connectivity index (χ1v) is 10.8. The molecule has 1 unspecified atom stereocenters. The van der Waals surface area contributed by atoms with Crippen molar-refractivity contribution in [3.8, 4) is 11.8 Å². The van der Waals surface area contributed by atoms with Gasteiger partial charge in [0.1, 0.15) is 11.6 Å². The molecule has 12 nitrogen and oxygen atoms in total. The number of urea groups is 1. The number of amides is 2. The molecular weight excluding hydrogens is 449 g/mol. The lowest BCUT2D eigenvalue weighted by molar-refractivity contribution is -0.133. The van der Waals surface area contributed by atoms with Crippen LogP contribution in [0.15, 0.2) is 29.3 Å². The van der Waals surface area contributed by atoms with Gasteiger partial charge in [0.2, 0.25) is 17.7 Å². The number of aromatic nitrogens is 3. The maximum Gasteiger partial charge on any atom is 0.335 e. The molecule has 2 rings (SSSR count). The van der Waals surface area contributed by atoms with Crippen molar-refractivity contribution < 1.29 is 36.6 Å². The number of anilines is 1. The monoisotopic (exact) mass is 473 g/mol. The Labute approximate surface area is 184 Å². The third kappa shape index (κ3) is 7.25. The molecule has 0 aliphatic rings. The van der Waals surface area contributed by atoms with Gasteiger partial charge in [-0.25, -0.2) is 22.3 Å². The summed E-state index contributed by atoms with van der Waals surface area (Å²) < 4.78 is 59.8. The van der Waals surface area contributed by atoms with Crippen LogP contribution >= 0.6 is 0 Å². The summed E-state index contributed by atoms with van der Waals surface area (Å²) >= 11 is 0. The lowest BCUT2D eigenvalue weighted by Crippen LogP contribution is -2.35. The summed E-state index contributed by atoms with van der Waals surface area (Å²) in [6.45, 7) is -0.678. The predicted molar refractivity (Wildman–Crippen MR) is 110 cm³/mol. The second-order valence-electron chi connectivity index (χ2n) is 6.08. The zero-order valence-corrected chi connectivity index (χ0v) is 18.5. The van der Waals surface area contributed by atoms with Gasteiger partial charge in [-0.2, -0.15) is 9.97 Å². The van der Waals surface area contributed by atoms with Gasteiger partial charge in [0.15, 0.2) is 6.29 Å². The van der Waals surface area contributed by atoms with Gasteiger partial charge >= 0.3 is 6.03 Å². The largest absolute Gasteiger partial charge is 0.481 e. The van der Waals surface area contributed by atoms with Gasteiger partial charge in [-0.05, 0) is 25.0 Å². The minimum Gasteiger partial charge on any atom is -0.481 e. The van der Waals surface area contributed by atoms with Crippen molar-refractivity contribution in [3.05, 3.63) is 30.1 Å². The van der Waals surface area contributed by atoms with Crippen LogP contribution in [0.25, 0.3) is 0 Å². The van der Waals surface area contributed by atoms with Crippen molar-refractivity contribution in [2.45, 2.75) is 24.0 Å². The first-order valence-electron chi connectivity index (χ1n) is 9.28. The van der Waals surface area contributed by atoms with Gasteiger partial charge in [0, 0.05) is 13.3 Å². The molecule has 1 atom stereocenters. The molecule has 32 heavy (non-hydrogen) atoms. The zero-order valence-electron chi connectivity index (χ0n) is 17.7. The molecule has 0 aliphatic carbocycles. The van der Waals surface area contributed by atoms with E-state index in [0.29, 0.717) is 6.42 Å². The first kappa shape index (κ1) is 25.2. The van der Waals surface area contributed by atoms with Crippen LogP contribution in [0.2, 0.25) is 0 Å². The molecule has 2 heterocycles. The van der Waals surface area contributed by atoms with Crippen molar-refractivity contribution in [3.63, 3.8) is 0 Å². The summed E-state index contributed by atoms with van der Waals surface area (Å²) in [4.78, 5) is 23.9. The van der Waals surface area contributed by atoms with E-state index in [4.69, 9.17) is 18.9 Å². The summed E-state index contributed by atoms with van der Waals surface area (Å²) in [5.41, 5.74) is 0.213. The molecule has 2 aromatic rings. The number of alkyl halides is 1. The Morgan fingerprint density at radius 3 is 2.47 bits per heavy atom. The lowest BCUT2D eigenvalue weighted by atomic mass is 10.2. The second-order valence-corrected chi connectivity index (χ2v) is 7.73. The SMILES string of the molecule is COc1cc(OC)nc(NC(=O)NS(=O)(=O)c2cccnc2CCCOC(CF)OC)n1. The number of halogens is 1. The van der Waals surface area contributed by atoms with Crippen LogP contribution in [0.4, 0.5) is 15.1 Å². The number of nitrogens with one attached hydrogen (secondary N) is 2. The Kier molecular flexibility index (Phi) is 9.49. The van der Waals surface area contributed by atoms with Gasteiger partial charge in [-0.15, -0.1) is 0 Å². The molecule has 0 radical (unpaired) electrons. The van der Waals surface area contributed by atoms with Crippen molar-refractivity contribution in [2.24, 2.45) is 0 Å². The van der Waals surface area contributed by atoms with E-state index in [-0.39, 0.29) is 41.3 Å². The molecule has 0 saturated carbocycles. The number of carbonyl (C=O) groups is 1. The van der Waals surface area contributed by atoms with Crippen LogP contribution in [0.3, 0.4) is 0 Å². The summed E-state index contributed by atoms with van der Waals surface area (Å²) in [5, 5.41) is 2.21. The number of nitrogens with zero attached hydrogens (tertiary/aromatic N) is 3. The Balaban J connectivity index is 2.06. The number of rotatable bonds is 12. The van der Waals surface area contributed by atoms with E-state index in [2.05, 4.69) is 20.3 Å². The number of ether oxygens (including phenoxy) is 4. The van der Waals surface area contributed by atoms with E-state index >= 15 is 0 Å². The highest BCUT2D eigenvalue weighted by Crippen LogP contribution is 2.18. The highest BCUT2D eigenvalue weighted by atomic mass is 32.2. The fraction of sp³-hybridized carbons (Fsp3) is 0.444. The Bertz CT molecular complexity index is 983. The van der Waals surface area contributed by atoms with E-state index in [0.717, 1.165) is 0 Å². The minimum atomic E-state index is -4.27. The van der Waals surface area contributed by atoms with E-state index in [1.807, 2.05) is 4.72 Å². The standard InChI is InChI=1S/C18H24FN5O7S/c1-28-14-10-15(29-2)22-17(21-14)23-18(25)24-32(26,27)13-7-4-8-20-12(13)6-5-9-31-16(11-19)30-3/h4,7-8,10,16H,5-6,9,11H2,1-3H3,(H2,21,22,23,24,25). The highest BCUT2D eigenvalue weighted by Gasteiger charge is 2.22. The third-order valence-corrected chi connectivity index (χ3v) is 5.34. The smallest absolute Gasteiger partial charge is 0.335 e. The molecule has 2 aromatic heterocycles. The fourth-order valence-corrected chi connectivity index (χ4v) is 3.59. The lowest BCUT2D eigenvalue weighted by Gasteiger charge is -2.13. The number of aryl methyl sites for hydroxylation is 1. The minimum absolute atomic E-state index is 0.107. The van der Waals surface area contributed by atoms with Crippen molar-refractivity contribution >= 4 is 22.0 Å². The van der Waals surface area contributed by atoms with Gasteiger partial charge in [-0.3, -0.25) is 10.3 Å². The Morgan fingerprint density at radius 1 is 1.19 bits per heavy atom. The topological polar surface area (TPSA) is 151 Å². The molecule has 0 spiro atoms. The molecule has 0 aliphatic heterocycles. The Hall–Kier alpha value is -3.10. The number of pyridine rings is 1. The average Bonchev–Trinajstić information content (AvgIpc) is 2.78. The van der Waals surface area contributed by atoms with Crippen LogP contribution in [0.1, 0.15) is 12.1 Å². The molecule has 0 aromatic carbocycles. The molecule has 14 heteroatoms. The van der Waals surface area contributed by atoms with Crippen LogP contribution in [0, 0.1) is 0 Å². The molecule has 0 saturated heterocycles. The summed E-state index contributed by atoms with van der Waals surface area (Å²) in [6, 6.07) is 3.02.